The Bertz CT molecular complexity index is 1440. The molecule has 0 radical (unpaired) electrons. The molecule has 2 aliphatic rings. The molecule has 15 heteroatoms. The number of hydrogen-bond donors (Lipinski definition) is 4. The predicted molar refractivity (Wildman–Crippen MR) is 202 cm³/mol. The number of anilines is 1. The molecular formula is C38H61N9O6. The summed E-state index contributed by atoms with van der Waals surface area (Å²) in [6.45, 7) is 21.1. The summed E-state index contributed by atoms with van der Waals surface area (Å²) >= 11 is 0. The summed E-state index contributed by atoms with van der Waals surface area (Å²) in [4.78, 5) is 95.2. The molecule has 1 aromatic heterocycles. The van der Waals surface area contributed by atoms with Gasteiger partial charge in [0.25, 0.3) is 5.91 Å². The zero-order valence-corrected chi connectivity index (χ0v) is 32.8. The average molecular weight is 740 g/mol. The number of carbonyl (C=O) groups excluding carboxylic acids is 6. The lowest BCUT2D eigenvalue weighted by molar-refractivity contribution is -0.143. The molecule has 0 saturated carbocycles. The number of urea groups is 1. The molecule has 4 N–H and O–H groups in total. The van der Waals surface area contributed by atoms with Crippen LogP contribution in [-0.4, -0.2) is 119 Å². The number of piperazine rings is 1. The lowest BCUT2D eigenvalue weighted by Crippen LogP contribution is -2.62. The number of hydrogen-bond acceptors (Lipinski definition) is 9. The quantitative estimate of drug-likeness (QED) is 0.146. The van der Waals surface area contributed by atoms with Crippen molar-refractivity contribution in [3.05, 3.63) is 31.1 Å². The second kappa shape index (κ2) is 19.5. The van der Waals surface area contributed by atoms with E-state index in [9.17, 15) is 28.8 Å². The Balaban J connectivity index is 1.76. The third-order valence-electron chi connectivity index (χ3n) is 10.0. The molecule has 2 saturated heterocycles. The van der Waals surface area contributed by atoms with E-state index in [-0.39, 0.29) is 43.2 Å². The number of nitrogens with zero attached hydrogens (tertiary/aromatic N) is 5. The Morgan fingerprint density at radius 2 is 1.58 bits per heavy atom. The van der Waals surface area contributed by atoms with E-state index in [1.807, 2.05) is 60.3 Å². The van der Waals surface area contributed by atoms with Crippen LogP contribution in [0.3, 0.4) is 0 Å². The van der Waals surface area contributed by atoms with Gasteiger partial charge in [0, 0.05) is 51.7 Å². The van der Waals surface area contributed by atoms with Gasteiger partial charge >= 0.3 is 6.03 Å². The molecule has 1 unspecified atom stereocenters. The van der Waals surface area contributed by atoms with Crippen LogP contribution in [0.4, 0.5) is 10.7 Å². The highest BCUT2D eigenvalue weighted by Crippen LogP contribution is 2.32. The molecule has 1 aromatic rings. The van der Waals surface area contributed by atoms with Gasteiger partial charge < -0.3 is 36.0 Å². The van der Waals surface area contributed by atoms with Crippen LogP contribution < -0.4 is 26.2 Å². The van der Waals surface area contributed by atoms with Crippen molar-refractivity contribution in [3.8, 4) is 0 Å². The average Bonchev–Trinajstić information content (AvgIpc) is 3.59. The van der Waals surface area contributed by atoms with Crippen LogP contribution in [0.15, 0.2) is 31.1 Å². The fourth-order valence-corrected chi connectivity index (χ4v) is 6.62. The zero-order valence-electron chi connectivity index (χ0n) is 32.8. The second-order valence-electron chi connectivity index (χ2n) is 15.8. The van der Waals surface area contributed by atoms with E-state index in [1.54, 1.807) is 23.4 Å². The normalized spacial score (nSPS) is 19.3. The van der Waals surface area contributed by atoms with E-state index in [4.69, 9.17) is 0 Å². The Kier molecular flexibility index (Phi) is 15.8. The van der Waals surface area contributed by atoms with Crippen molar-refractivity contribution in [1.29, 1.82) is 0 Å². The first kappa shape index (κ1) is 42.8. The van der Waals surface area contributed by atoms with Crippen LogP contribution >= 0.6 is 0 Å². The van der Waals surface area contributed by atoms with Gasteiger partial charge in [-0.05, 0) is 42.1 Å². The molecule has 0 aliphatic carbocycles. The Labute approximate surface area is 314 Å². The molecule has 0 bridgehead atoms. The summed E-state index contributed by atoms with van der Waals surface area (Å²) in [6, 6.07) is -2.78. The monoisotopic (exact) mass is 739 g/mol. The van der Waals surface area contributed by atoms with Crippen molar-refractivity contribution in [1.82, 2.24) is 41.0 Å². The van der Waals surface area contributed by atoms with Crippen molar-refractivity contribution >= 4 is 41.4 Å². The second-order valence-corrected chi connectivity index (χ2v) is 15.8. The molecule has 2 aliphatic heterocycles. The summed E-state index contributed by atoms with van der Waals surface area (Å²) in [5.41, 5.74) is -0.776. The smallest absolute Gasteiger partial charge is 0.316 e. The van der Waals surface area contributed by atoms with Gasteiger partial charge in [0.05, 0.1) is 6.04 Å². The fourth-order valence-electron chi connectivity index (χ4n) is 6.62. The standard InChI is InChI=1S/C38H61N9O6/c1-10-12-14-27(30(48)33(50)39-15-11-2)42-32(49)28-22-26(24(3)4)23-47(28)35(52)31(38(7,8)9)44-37(53)43-29(25(5)6)34(51)45-18-20-46(21-19-45)36-40-16-13-17-41-36/h11,13,16-17,24-29,31H,2,10,12,14-15,18-23H2,1,3-9H3,(H,39,50)(H,42,49)(H2,43,44,53)/t26-,27?,28+,29+,31-/m1/s1. The van der Waals surface area contributed by atoms with Crippen LogP contribution in [0, 0.1) is 23.2 Å². The molecular weight excluding hydrogens is 678 g/mol. The highest BCUT2D eigenvalue weighted by atomic mass is 16.2. The van der Waals surface area contributed by atoms with E-state index in [1.165, 1.54) is 11.0 Å². The van der Waals surface area contributed by atoms with Crippen LogP contribution in [0.25, 0.3) is 0 Å². The first-order valence-corrected chi connectivity index (χ1v) is 18.9. The first-order chi connectivity index (χ1) is 25.0. The molecule has 2 fully saturated rings. The van der Waals surface area contributed by atoms with Gasteiger partial charge in [-0.2, -0.15) is 0 Å². The summed E-state index contributed by atoms with van der Waals surface area (Å²) in [7, 11) is 0. The molecule has 6 amide bonds. The number of ketones is 1. The Hall–Kier alpha value is -4.56. The third kappa shape index (κ3) is 11.7. The minimum absolute atomic E-state index is 0.0123. The van der Waals surface area contributed by atoms with Gasteiger partial charge in [0.1, 0.15) is 18.1 Å². The maximum atomic E-state index is 14.5. The number of amides is 6. The van der Waals surface area contributed by atoms with Crippen LogP contribution in [0.5, 0.6) is 0 Å². The van der Waals surface area contributed by atoms with Crippen LogP contribution in [-0.2, 0) is 24.0 Å². The largest absolute Gasteiger partial charge is 0.346 e. The van der Waals surface area contributed by atoms with Crippen LogP contribution in [0.1, 0.15) is 81.1 Å². The van der Waals surface area contributed by atoms with Crippen molar-refractivity contribution < 1.29 is 28.8 Å². The molecule has 3 heterocycles. The molecule has 3 rings (SSSR count). The molecule has 294 valence electrons. The van der Waals surface area contributed by atoms with Gasteiger partial charge in [-0.15, -0.1) is 6.58 Å². The van der Waals surface area contributed by atoms with E-state index in [2.05, 4.69) is 37.8 Å². The summed E-state index contributed by atoms with van der Waals surface area (Å²) in [6.07, 6.45) is 6.81. The summed E-state index contributed by atoms with van der Waals surface area (Å²) in [5, 5.41) is 11.0. The number of unbranched alkanes of at least 4 members (excludes halogenated alkanes) is 1. The van der Waals surface area contributed by atoms with Gasteiger partial charge in [-0.25, -0.2) is 14.8 Å². The highest BCUT2D eigenvalue weighted by Gasteiger charge is 2.46. The number of rotatable bonds is 16. The fraction of sp³-hybridized carbons (Fsp3) is 0.684. The van der Waals surface area contributed by atoms with E-state index in [0.717, 1.165) is 6.42 Å². The van der Waals surface area contributed by atoms with Crippen molar-refractivity contribution in [3.63, 3.8) is 0 Å². The summed E-state index contributed by atoms with van der Waals surface area (Å²) in [5.74, 6) is -2.25. The SMILES string of the molecule is C=CCNC(=O)C(=O)C(CCCC)NC(=O)[C@@H]1C[C@@H](C(C)C)CN1C(=O)[C@@H](NC(=O)N[C@H](C(=O)N1CCN(c2ncccn2)CC1)C(C)C)C(C)(C)C. The Morgan fingerprint density at radius 3 is 2.13 bits per heavy atom. The van der Waals surface area contributed by atoms with Crippen molar-refractivity contribution in [2.24, 2.45) is 23.2 Å². The van der Waals surface area contributed by atoms with E-state index < -0.39 is 59.1 Å². The topological polar surface area (TPSA) is 186 Å². The maximum Gasteiger partial charge on any atom is 0.316 e. The van der Waals surface area contributed by atoms with E-state index in [0.29, 0.717) is 45.0 Å². The first-order valence-electron chi connectivity index (χ1n) is 18.9. The van der Waals surface area contributed by atoms with Crippen molar-refractivity contribution in [2.75, 3.05) is 44.2 Å². The molecule has 5 atom stereocenters. The number of likely N-dealkylation sites (tertiary alicyclic amines) is 1. The molecule has 0 aromatic carbocycles. The number of aromatic nitrogens is 2. The minimum atomic E-state index is -1.05. The third-order valence-corrected chi connectivity index (χ3v) is 10.0. The highest BCUT2D eigenvalue weighted by molar-refractivity contribution is 6.38. The maximum absolute atomic E-state index is 14.5. The molecule has 53 heavy (non-hydrogen) atoms. The Morgan fingerprint density at radius 1 is 0.943 bits per heavy atom. The van der Waals surface area contributed by atoms with Crippen molar-refractivity contribution in [2.45, 2.75) is 105 Å². The molecule has 15 nitrogen and oxygen atoms in total. The van der Waals surface area contributed by atoms with Gasteiger partial charge in [0.2, 0.25) is 29.5 Å². The lowest BCUT2D eigenvalue weighted by Gasteiger charge is -2.38. The number of Topliss-reactive ketones (excluding diaryl/α,β-unsaturated/α-hetero) is 1. The number of carbonyl (C=O) groups is 6. The van der Waals surface area contributed by atoms with Crippen LogP contribution in [0.2, 0.25) is 0 Å². The van der Waals surface area contributed by atoms with E-state index >= 15 is 0 Å². The predicted octanol–water partition coefficient (Wildman–Crippen LogP) is 2.28. The number of nitrogens with one attached hydrogen (secondary N) is 4. The van der Waals surface area contributed by atoms with Gasteiger partial charge in [0.15, 0.2) is 0 Å². The zero-order chi connectivity index (χ0) is 39.5. The minimum Gasteiger partial charge on any atom is -0.346 e. The molecule has 0 spiro atoms. The van der Waals surface area contributed by atoms with Gasteiger partial charge in [-0.3, -0.25) is 24.0 Å². The lowest BCUT2D eigenvalue weighted by atomic mass is 9.85. The van der Waals surface area contributed by atoms with Gasteiger partial charge in [-0.1, -0.05) is 74.3 Å². The summed E-state index contributed by atoms with van der Waals surface area (Å²) < 4.78 is 0.